The number of halogens is 2. The van der Waals surface area contributed by atoms with Crippen LogP contribution in [0.1, 0.15) is 11.1 Å². The van der Waals surface area contributed by atoms with Gasteiger partial charge in [-0.25, -0.2) is 4.39 Å². The van der Waals surface area contributed by atoms with Crippen molar-refractivity contribution in [3.63, 3.8) is 0 Å². The molecule has 0 aliphatic carbocycles. The quantitative estimate of drug-likeness (QED) is 0.682. The van der Waals surface area contributed by atoms with Gasteiger partial charge in [0.15, 0.2) is 4.77 Å². The zero-order chi connectivity index (χ0) is 15.0. The van der Waals surface area contributed by atoms with Crippen LogP contribution in [0, 0.1) is 21.9 Å². The van der Waals surface area contributed by atoms with Crippen LogP contribution in [0.15, 0.2) is 40.9 Å². The SMILES string of the molecule is N#Cc1cccc(Cn2c(=S)[nH]c3cc(Br)c(F)cc32)c1. The first-order valence-corrected chi connectivity index (χ1v) is 7.35. The molecule has 3 nitrogen and oxygen atoms in total. The Kier molecular flexibility index (Phi) is 3.62. The number of nitrogens with zero attached hydrogens (tertiary/aromatic N) is 2. The molecule has 1 heterocycles. The van der Waals surface area contributed by atoms with Crippen molar-refractivity contribution in [3.05, 3.63) is 62.6 Å². The first-order chi connectivity index (χ1) is 10.1. The summed E-state index contributed by atoms with van der Waals surface area (Å²) >= 11 is 8.47. The number of H-pyrrole nitrogens is 1. The number of imidazole rings is 1. The first kappa shape index (κ1) is 14.0. The monoisotopic (exact) mass is 361 g/mol. The van der Waals surface area contributed by atoms with Crippen LogP contribution < -0.4 is 0 Å². The number of nitriles is 1. The molecule has 1 aromatic heterocycles. The Hall–Kier alpha value is -1.97. The zero-order valence-corrected chi connectivity index (χ0v) is 13.1. The molecule has 21 heavy (non-hydrogen) atoms. The molecule has 0 atom stereocenters. The van der Waals surface area contributed by atoms with Crippen LogP contribution in [0.4, 0.5) is 4.39 Å². The van der Waals surface area contributed by atoms with Crippen molar-refractivity contribution in [1.29, 1.82) is 5.26 Å². The van der Waals surface area contributed by atoms with Crippen molar-refractivity contribution in [3.8, 4) is 6.07 Å². The van der Waals surface area contributed by atoms with E-state index in [0.29, 0.717) is 26.9 Å². The van der Waals surface area contributed by atoms with Crippen LogP contribution >= 0.6 is 28.1 Å². The summed E-state index contributed by atoms with van der Waals surface area (Å²) in [6.07, 6.45) is 0. The number of aromatic amines is 1. The molecule has 1 N–H and O–H groups in total. The van der Waals surface area contributed by atoms with Crippen molar-refractivity contribution < 1.29 is 4.39 Å². The molecule has 0 aliphatic heterocycles. The molecule has 0 saturated carbocycles. The number of nitrogens with one attached hydrogen (secondary N) is 1. The van der Waals surface area contributed by atoms with E-state index in [-0.39, 0.29) is 5.82 Å². The van der Waals surface area contributed by atoms with Gasteiger partial charge in [-0.15, -0.1) is 0 Å². The smallest absolute Gasteiger partial charge is 0.178 e. The van der Waals surface area contributed by atoms with Crippen molar-refractivity contribution in [2.45, 2.75) is 6.54 Å². The Morgan fingerprint density at radius 3 is 2.90 bits per heavy atom. The highest BCUT2D eigenvalue weighted by Crippen LogP contribution is 2.24. The molecule has 0 aliphatic rings. The Morgan fingerprint density at radius 1 is 1.33 bits per heavy atom. The number of hydrogen-bond acceptors (Lipinski definition) is 2. The largest absolute Gasteiger partial charge is 0.331 e. The molecule has 0 fully saturated rings. The highest BCUT2D eigenvalue weighted by atomic mass is 79.9. The molecular formula is C15H9BrFN3S. The lowest BCUT2D eigenvalue weighted by Crippen LogP contribution is -2.00. The van der Waals surface area contributed by atoms with Gasteiger partial charge in [-0.1, -0.05) is 12.1 Å². The van der Waals surface area contributed by atoms with E-state index in [4.69, 9.17) is 17.5 Å². The lowest BCUT2D eigenvalue weighted by Gasteiger charge is -2.06. The minimum Gasteiger partial charge on any atom is -0.331 e. The van der Waals surface area contributed by atoms with Crippen LogP contribution in [0.3, 0.4) is 0 Å². The summed E-state index contributed by atoms with van der Waals surface area (Å²) in [6, 6.07) is 12.5. The molecule has 0 spiro atoms. The van der Waals surface area contributed by atoms with E-state index in [0.717, 1.165) is 11.1 Å². The Balaban J connectivity index is 2.12. The van der Waals surface area contributed by atoms with Crippen LogP contribution in [-0.2, 0) is 6.54 Å². The van der Waals surface area contributed by atoms with E-state index in [2.05, 4.69) is 27.0 Å². The third-order valence-electron chi connectivity index (χ3n) is 3.21. The second-order valence-electron chi connectivity index (χ2n) is 4.61. The predicted molar refractivity (Wildman–Crippen MR) is 85.0 cm³/mol. The summed E-state index contributed by atoms with van der Waals surface area (Å²) < 4.78 is 16.5. The third-order valence-corrected chi connectivity index (χ3v) is 4.14. The van der Waals surface area contributed by atoms with Gasteiger partial charge in [0.25, 0.3) is 0 Å². The van der Waals surface area contributed by atoms with Crippen LogP contribution in [-0.4, -0.2) is 9.55 Å². The molecule has 0 unspecified atom stereocenters. The summed E-state index contributed by atoms with van der Waals surface area (Å²) in [5.74, 6) is -0.337. The van der Waals surface area contributed by atoms with Crippen molar-refractivity contribution >= 4 is 39.2 Å². The normalized spacial score (nSPS) is 10.7. The van der Waals surface area contributed by atoms with Gasteiger partial charge in [-0.2, -0.15) is 5.26 Å². The molecule has 3 aromatic rings. The lowest BCUT2D eigenvalue weighted by molar-refractivity contribution is 0.622. The zero-order valence-electron chi connectivity index (χ0n) is 10.7. The molecule has 3 rings (SSSR count). The van der Waals surface area contributed by atoms with E-state index in [1.54, 1.807) is 18.2 Å². The van der Waals surface area contributed by atoms with Crippen molar-refractivity contribution in [2.75, 3.05) is 0 Å². The molecule has 0 amide bonds. The fraction of sp³-hybridized carbons (Fsp3) is 0.0667. The summed E-state index contributed by atoms with van der Waals surface area (Å²) in [7, 11) is 0. The van der Waals surface area contributed by atoms with Crippen LogP contribution in [0.25, 0.3) is 11.0 Å². The van der Waals surface area contributed by atoms with Gasteiger partial charge in [-0.05, 0) is 51.9 Å². The molecular weight excluding hydrogens is 353 g/mol. The van der Waals surface area contributed by atoms with E-state index < -0.39 is 0 Å². The summed E-state index contributed by atoms with van der Waals surface area (Å²) in [5, 5.41) is 8.94. The van der Waals surface area contributed by atoms with Crippen molar-refractivity contribution in [1.82, 2.24) is 9.55 Å². The topological polar surface area (TPSA) is 44.5 Å². The fourth-order valence-electron chi connectivity index (χ4n) is 2.23. The number of hydrogen-bond donors (Lipinski definition) is 1. The maximum Gasteiger partial charge on any atom is 0.178 e. The second kappa shape index (κ2) is 5.43. The lowest BCUT2D eigenvalue weighted by atomic mass is 10.1. The van der Waals surface area contributed by atoms with Gasteiger partial charge in [0.2, 0.25) is 0 Å². The van der Waals surface area contributed by atoms with E-state index in [9.17, 15) is 4.39 Å². The fourth-order valence-corrected chi connectivity index (χ4v) is 2.85. The third kappa shape index (κ3) is 2.62. The summed E-state index contributed by atoms with van der Waals surface area (Å²) in [4.78, 5) is 3.06. The number of fused-ring (bicyclic) bond motifs is 1. The van der Waals surface area contributed by atoms with Gasteiger partial charge in [0, 0.05) is 6.07 Å². The molecule has 2 aromatic carbocycles. The molecule has 6 heteroatoms. The maximum atomic E-state index is 13.7. The second-order valence-corrected chi connectivity index (χ2v) is 5.85. The average Bonchev–Trinajstić information content (AvgIpc) is 2.76. The van der Waals surface area contributed by atoms with E-state index in [1.165, 1.54) is 6.07 Å². The molecule has 0 bridgehead atoms. The average molecular weight is 362 g/mol. The minimum absolute atomic E-state index is 0.337. The predicted octanol–water partition coefficient (Wildman–Crippen LogP) is 4.52. The molecule has 0 radical (unpaired) electrons. The summed E-state index contributed by atoms with van der Waals surface area (Å²) in [5.41, 5.74) is 3.00. The van der Waals surface area contributed by atoms with Gasteiger partial charge in [0.1, 0.15) is 5.82 Å². The van der Waals surface area contributed by atoms with E-state index in [1.807, 2.05) is 16.7 Å². The first-order valence-electron chi connectivity index (χ1n) is 6.15. The minimum atomic E-state index is -0.337. The van der Waals surface area contributed by atoms with Crippen LogP contribution in [0.5, 0.6) is 0 Å². The highest BCUT2D eigenvalue weighted by Gasteiger charge is 2.09. The van der Waals surface area contributed by atoms with Crippen molar-refractivity contribution in [2.24, 2.45) is 0 Å². The molecule has 104 valence electrons. The van der Waals surface area contributed by atoms with Crippen LogP contribution in [0.2, 0.25) is 0 Å². The number of benzene rings is 2. The molecule has 0 saturated heterocycles. The van der Waals surface area contributed by atoms with E-state index >= 15 is 0 Å². The van der Waals surface area contributed by atoms with Gasteiger partial charge in [-0.3, -0.25) is 0 Å². The standard InChI is InChI=1S/C15H9BrFN3S/c16-11-5-13-14(6-12(11)17)20(15(21)19-13)8-10-3-1-2-9(4-10)7-18/h1-6H,8H2,(H,19,21). The number of rotatable bonds is 2. The van der Waals surface area contributed by atoms with Gasteiger partial charge < -0.3 is 9.55 Å². The highest BCUT2D eigenvalue weighted by molar-refractivity contribution is 9.10. The summed E-state index contributed by atoms with van der Waals surface area (Å²) in [6.45, 7) is 0.482. The maximum absolute atomic E-state index is 13.7. The van der Waals surface area contributed by atoms with Gasteiger partial charge in [0.05, 0.1) is 33.7 Å². The van der Waals surface area contributed by atoms with Gasteiger partial charge >= 0.3 is 0 Å². The number of aromatic nitrogens is 2. The Morgan fingerprint density at radius 2 is 2.14 bits per heavy atom. The Bertz CT molecular complexity index is 936. The Labute approximate surface area is 133 Å².